The van der Waals surface area contributed by atoms with Gasteiger partial charge >= 0.3 is 0 Å². The third-order valence-electron chi connectivity index (χ3n) is 2.09. The number of amidine groups is 1. The molecular weight excluding hydrogens is 162 g/mol. The number of nitrogens with zero attached hydrogens (tertiary/aromatic N) is 3. The van der Waals surface area contributed by atoms with Crippen LogP contribution in [-0.2, 0) is 0 Å². The van der Waals surface area contributed by atoms with Gasteiger partial charge in [0.25, 0.3) is 0 Å². The lowest BCUT2D eigenvalue weighted by atomic mass is 10.3. The molecule has 3 nitrogen and oxygen atoms in total. The molecule has 0 aromatic rings. The zero-order valence-corrected chi connectivity index (χ0v) is 9.96. The van der Waals surface area contributed by atoms with Gasteiger partial charge in [-0.05, 0) is 0 Å². The summed E-state index contributed by atoms with van der Waals surface area (Å²) in [7, 11) is 8.62. The van der Waals surface area contributed by atoms with Gasteiger partial charge in [0.1, 0.15) is 6.54 Å². The average Bonchev–Trinajstić information content (AvgIpc) is 2.06. The Morgan fingerprint density at radius 3 is 2.08 bits per heavy atom. The topological polar surface area (TPSA) is 15.6 Å². The van der Waals surface area contributed by atoms with E-state index in [1.807, 2.05) is 13.8 Å². The minimum Gasteiger partial charge on any atom is -0.362 e. The quantitative estimate of drug-likeness (QED) is 0.517. The van der Waals surface area contributed by atoms with Crippen LogP contribution in [0.4, 0.5) is 0 Å². The summed E-state index contributed by atoms with van der Waals surface area (Å²) in [5.41, 5.74) is 0. The highest BCUT2D eigenvalue weighted by Gasteiger charge is 2.22. The Labute approximate surface area is 82.6 Å². The summed E-state index contributed by atoms with van der Waals surface area (Å²) in [5.74, 6) is 1.22. The molecule has 0 aromatic heterocycles. The molecule has 1 rings (SSSR count). The first-order valence-electron chi connectivity index (χ1n) is 5.04. The molecule has 0 amide bonds. The Bertz CT molecular complexity index is 171. The van der Waals surface area contributed by atoms with Gasteiger partial charge in [-0.3, -0.25) is 4.99 Å². The SMILES string of the molecule is CC.CN(C)C1=NCC[N+](C)(C)C1. The first-order chi connectivity index (χ1) is 6.01. The summed E-state index contributed by atoms with van der Waals surface area (Å²) in [6, 6.07) is 0. The van der Waals surface area contributed by atoms with Crippen LogP contribution >= 0.6 is 0 Å². The van der Waals surface area contributed by atoms with Crippen LogP contribution in [-0.4, -0.2) is 63.0 Å². The molecule has 0 spiro atoms. The molecule has 0 bridgehead atoms. The van der Waals surface area contributed by atoms with Crippen LogP contribution in [0.1, 0.15) is 13.8 Å². The summed E-state index contributed by atoms with van der Waals surface area (Å²) in [5, 5.41) is 0. The van der Waals surface area contributed by atoms with Crippen LogP contribution in [0, 0.1) is 0 Å². The van der Waals surface area contributed by atoms with Crippen LogP contribution < -0.4 is 0 Å². The molecule has 0 aliphatic carbocycles. The molecule has 0 N–H and O–H groups in total. The molecule has 0 atom stereocenters. The molecule has 1 aliphatic rings. The largest absolute Gasteiger partial charge is 0.362 e. The van der Waals surface area contributed by atoms with Crippen LogP contribution in [0.3, 0.4) is 0 Å². The standard InChI is InChI=1S/C8H18N3.C2H6/c1-10(2)8-7-11(3,4)6-5-9-8;1-2/h5-7H2,1-4H3;1-2H3/q+1;. The second-order valence-corrected chi connectivity index (χ2v) is 4.01. The maximum atomic E-state index is 4.45. The van der Waals surface area contributed by atoms with E-state index in [4.69, 9.17) is 0 Å². The zero-order valence-electron chi connectivity index (χ0n) is 9.96. The fourth-order valence-electron chi connectivity index (χ4n) is 1.24. The molecule has 78 valence electrons. The highest BCUT2D eigenvalue weighted by molar-refractivity contribution is 5.83. The van der Waals surface area contributed by atoms with Crippen LogP contribution in [0.15, 0.2) is 4.99 Å². The van der Waals surface area contributed by atoms with Crippen molar-refractivity contribution in [1.82, 2.24) is 4.90 Å². The molecule has 1 aliphatic heterocycles. The van der Waals surface area contributed by atoms with E-state index in [0.29, 0.717) is 0 Å². The lowest BCUT2D eigenvalue weighted by Crippen LogP contribution is -2.51. The molecule has 3 heteroatoms. The normalized spacial score (nSPS) is 19.7. The Morgan fingerprint density at radius 1 is 1.23 bits per heavy atom. The van der Waals surface area contributed by atoms with Crippen molar-refractivity contribution < 1.29 is 4.48 Å². The molecule has 0 saturated carbocycles. The highest BCUT2D eigenvalue weighted by Crippen LogP contribution is 2.04. The highest BCUT2D eigenvalue weighted by atomic mass is 15.4. The molecule has 0 unspecified atom stereocenters. The summed E-state index contributed by atoms with van der Waals surface area (Å²) >= 11 is 0. The summed E-state index contributed by atoms with van der Waals surface area (Å²) in [4.78, 5) is 6.56. The van der Waals surface area contributed by atoms with Crippen molar-refractivity contribution in [2.45, 2.75) is 13.8 Å². The fourth-order valence-corrected chi connectivity index (χ4v) is 1.24. The number of aliphatic imine (C=N–C) groups is 1. The van der Waals surface area contributed by atoms with Crippen molar-refractivity contribution in [3.8, 4) is 0 Å². The maximum absolute atomic E-state index is 4.45. The van der Waals surface area contributed by atoms with Crippen LogP contribution in [0.2, 0.25) is 0 Å². The fraction of sp³-hybridized carbons (Fsp3) is 0.900. The predicted octanol–water partition coefficient (Wildman–Crippen LogP) is 1.06. The Morgan fingerprint density at radius 2 is 1.77 bits per heavy atom. The van der Waals surface area contributed by atoms with Crippen molar-refractivity contribution >= 4 is 5.84 Å². The maximum Gasteiger partial charge on any atom is 0.155 e. The van der Waals surface area contributed by atoms with Crippen molar-refractivity contribution in [3.05, 3.63) is 0 Å². The first-order valence-corrected chi connectivity index (χ1v) is 5.04. The number of rotatable bonds is 0. The van der Waals surface area contributed by atoms with Gasteiger partial charge < -0.3 is 9.38 Å². The van der Waals surface area contributed by atoms with Gasteiger partial charge in [-0.25, -0.2) is 0 Å². The third-order valence-corrected chi connectivity index (χ3v) is 2.09. The third kappa shape index (κ3) is 4.27. The van der Waals surface area contributed by atoms with Crippen molar-refractivity contribution in [2.24, 2.45) is 4.99 Å². The van der Waals surface area contributed by atoms with Gasteiger partial charge in [0, 0.05) is 14.1 Å². The van der Waals surface area contributed by atoms with E-state index < -0.39 is 0 Å². The van der Waals surface area contributed by atoms with E-state index >= 15 is 0 Å². The molecule has 0 saturated heterocycles. The van der Waals surface area contributed by atoms with E-state index in [1.165, 1.54) is 5.84 Å². The van der Waals surface area contributed by atoms with Gasteiger partial charge in [-0.1, -0.05) is 13.8 Å². The van der Waals surface area contributed by atoms with Gasteiger partial charge in [-0.15, -0.1) is 0 Å². The van der Waals surface area contributed by atoms with Gasteiger partial charge in [0.15, 0.2) is 5.84 Å². The number of quaternary nitrogens is 1. The second kappa shape index (κ2) is 5.22. The second-order valence-electron chi connectivity index (χ2n) is 4.01. The molecule has 0 radical (unpaired) electrons. The lowest BCUT2D eigenvalue weighted by Gasteiger charge is -2.34. The van der Waals surface area contributed by atoms with Gasteiger partial charge in [0.05, 0.1) is 27.2 Å². The summed E-state index contributed by atoms with van der Waals surface area (Å²) in [6.07, 6.45) is 0. The van der Waals surface area contributed by atoms with Crippen LogP contribution in [0.25, 0.3) is 0 Å². The van der Waals surface area contributed by atoms with E-state index in [-0.39, 0.29) is 0 Å². The van der Waals surface area contributed by atoms with Gasteiger partial charge in [0.2, 0.25) is 0 Å². The number of likely N-dealkylation sites (N-methyl/N-ethyl adjacent to an activating group) is 2. The van der Waals surface area contributed by atoms with Crippen LogP contribution in [0.5, 0.6) is 0 Å². The van der Waals surface area contributed by atoms with Crippen molar-refractivity contribution in [1.29, 1.82) is 0 Å². The van der Waals surface area contributed by atoms with E-state index in [0.717, 1.165) is 24.1 Å². The average molecular weight is 186 g/mol. The predicted molar refractivity (Wildman–Crippen MR) is 59.2 cm³/mol. The lowest BCUT2D eigenvalue weighted by molar-refractivity contribution is -0.881. The molecule has 0 fully saturated rings. The van der Waals surface area contributed by atoms with Gasteiger partial charge in [-0.2, -0.15) is 0 Å². The monoisotopic (exact) mass is 186 g/mol. The summed E-state index contributed by atoms with van der Waals surface area (Å²) < 4.78 is 1.07. The Balaban J connectivity index is 0.000000671. The minimum atomic E-state index is 0.973. The zero-order chi connectivity index (χ0) is 10.5. The van der Waals surface area contributed by atoms with Crippen molar-refractivity contribution in [2.75, 3.05) is 47.8 Å². The van der Waals surface area contributed by atoms with E-state index in [2.05, 4.69) is 38.1 Å². The first kappa shape index (κ1) is 12.4. The molecule has 1 heterocycles. The Kier molecular flexibility index (Phi) is 4.99. The van der Waals surface area contributed by atoms with E-state index in [9.17, 15) is 0 Å². The Hall–Kier alpha value is -0.570. The molecule has 13 heavy (non-hydrogen) atoms. The summed E-state index contributed by atoms with van der Waals surface area (Å²) in [6.45, 7) is 7.20. The molecular formula is C10H24N3+. The minimum absolute atomic E-state index is 0.973. The van der Waals surface area contributed by atoms with Crippen molar-refractivity contribution in [3.63, 3.8) is 0 Å². The molecule has 0 aromatic carbocycles. The smallest absolute Gasteiger partial charge is 0.155 e. The number of hydrogen-bond acceptors (Lipinski definition) is 2. The number of hydrogen-bond donors (Lipinski definition) is 0. The van der Waals surface area contributed by atoms with E-state index in [1.54, 1.807) is 0 Å².